The van der Waals surface area contributed by atoms with Gasteiger partial charge in [0.1, 0.15) is 0 Å². The Labute approximate surface area is 142 Å². The number of carbonyl (C=O) groups is 2. The summed E-state index contributed by atoms with van der Waals surface area (Å²) in [5, 5.41) is 8.83. The molecule has 0 spiro atoms. The van der Waals surface area contributed by atoms with E-state index < -0.39 is 17.6 Å². The molecule has 25 heavy (non-hydrogen) atoms. The lowest BCUT2D eigenvalue weighted by molar-refractivity contribution is 0.0513. The van der Waals surface area contributed by atoms with E-state index in [0.29, 0.717) is 5.56 Å². The molecule has 0 aliphatic carbocycles. The molecule has 0 amide bonds. The number of benzene rings is 1. The minimum Gasteiger partial charge on any atom is -0.461 e. The predicted molar refractivity (Wildman–Crippen MR) is 87.9 cm³/mol. The molecule has 0 saturated carbocycles. The maximum atomic E-state index is 14.9. The van der Waals surface area contributed by atoms with Gasteiger partial charge in [0.25, 0.3) is 0 Å². The Bertz CT molecular complexity index is 1010. The van der Waals surface area contributed by atoms with Gasteiger partial charge in [0.05, 0.1) is 29.3 Å². The van der Waals surface area contributed by atoms with Crippen molar-refractivity contribution in [3.8, 4) is 6.07 Å². The summed E-state index contributed by atoms with van der Waals surface area (Å²) >= 11 is 0. The highest BCUT2D eigenvalue weighted by Crippen LogP contribution is 2.26. The van der Waals surface area contributed by atoms with Crippen LogP contribution >= 0.6 is 0 Å². The van der Waals surface area contributed by atoms with E-state index in [2.05, 4.69) is 0 Å². The second-order valence-electron chi connectivity index (χ2n) is 5.23. The molecule has 0 aliphatic heterocycles. The van der Waals surface area contributed by atoms with Crippen molar-refractivity contribution >= 4 is 17.3 Å². The van der Waals surface area contributed by atoms with Crippen LogP contribution in [0.1, 0.15) is 38.9 Å². The number of hydrogen-bond acceptors (Lipinski definition) is 4. The number of esters is 1. The first-order valence-corrected chi connectivity index (χ1v) is 7.59. The van der Waals surface area contributed by atoms with Crippen LogP contribution in [0.2, 0.25) is 0 Å². The van der Waals surface area contributed by atoms with Crippen molar-refractivity contribution in [3.63, 3.8) is 0 Å². The average Bonchev–Trinajstić information content (AvgIpc) is 2.93. The highest BCUT2D eigenvalue weighted by molar-refractivity contribution is 6.15. The van der Waals surface area contributed by atoms with Crippen LogP contribution in [0.5, 0.6) is 0 Å². The Balaban J connectivity index is 2.18. The van der Waals surface area contributed by atoms with Crippen LogP contribution < -0.4 is 0 Å². The van der Waals surface area contributed by atoms with Gasteiger partial charge in [-0.15, -0.1) is 0 Å². The summed E-state index contributed by atoms with van der Waals surface area (Å²) in [6, 6.07) is 12.7. The Morgan fingerprint density at radius 1 is 1.20 bits per heavy atom. The second-order valence-corrected chi connectivity index (χ2v) is 5.23. The maximum Gasteiger partial charge on any atom is 0.358 e. The molecule has 124 valence electrons. The summed E-state index contributed by atoms with van der Waals surface area (Å²) in [7, 11) is 0. The van der Waals surface area contributed by atoms with Gasteiger partial charge in [-0.2, -0.15) is 5.26 Å². The summed E-state index contributed by atoms with van der Waals surface area (Å²) in [4.78, 5) is 24.9. The van der Waals surface area contributed by atoms with E-state index in [1.807, 2.05) is 6.07 Å². The van der Waals surface area contributed by atoms with Crippen LogP contribution in [-0.2, 0) is 4.74 Å². The molecule has 3 rings (SSSR count). The second kappa shape index (κ2) is 6.57. The quantitative estimate of drug-likeness (QED) is 0.541. The number of rotatable bonds is 4. The SMILES string of the molecule is CCOC(=O)c1c(F)c(C(=O)c2ccc(C#N)cc2)c2ccccn12. The molecule has 0 unspecified atom stereocenters. The zero-order valence-electron chi connectivity index (χ0n) is 13.3. The van der Waals surface area contributed by atoms with E-state index in [0.717, 1.165) is 0 Å². The van der Waals surface area contributed by atoms with Gasteiger partial charge in [0.15, 0.2) is 17.3 Å². The molecule has 0 aliphatic rings. The third kappa shape index (κ3) is 2.76. The number of pyridine rings is 1. The van der Waals surface area contributed by atoms with E-state index in [1.54, 1.807) is 25.1 Å². The van der Waals surface area contributed by atoms with Gasteiger partial charge < -0.3 is 9.14 Å². The van der Waals surface area contributed by atoms with E-state index in [-0.39, 0.29) is 28.9 Å². The molecular weight excluding hydrogens is 323 g/mol. The summed E-state index contributed by atoms with van der Waals surface area (Å²) in [5.74, 6) is -2.32. The lowest BCUT2D eigenvalue weighted by atomic mass is 10.0. The fraction of sp³-hybridized carbons (Fsp3) is 0.105. The zero-order valence-corrected chi connectivity index (χ0v) is 13.3. The first-order valence-electron chi connectivity index (χ1n) is 7.59. The van der Waals surface area contributed by atoms with Crippen LogP contribution in [0, 0.1) is 17.1 Å². The van der Waals surface area contributed by atoms with Crippen molar-refractivity contribution in [1.82, 2.24) is 4.40 Å². The van der Waals surface area contributed by atoms with Crippen molar-refractivity contribution in [2.75, 3.05) is 6.61 Å². The van der Waals surface area contributed by atoms with Crippen LogP contribution in [-0.4, -0.2) is 22.8 Å². The largest absolute Gasteiger partial charge is 0.461 e. The Morgan fingerprint density at radius 3 is 2.56 bits per heavy atom. The average molecular weight is 336 g/mol. The van der Waals surface area contributed by atoms with Gasteiger partial charge in [0, 0.05) is 11.8 Å². The normalized spacial score (nSPS) is 10.4. The molecule has 0 bridgehead atoms. The van der Waals surface area contributed by atoms with Gasteiger partial charge in [-0.25, -0.2) is 9.18 Å². The molecular formula is C19H13FN2O3. The monoisotopic (exact) mass is 336 g/mol. The third-order valence-electron chi connectivity index (χ3n) is 3.76. The molecule has 0 saturated heterocycles. The molecule has 0 fully saturated rings. The molecule has 3 aromatic rings. The zero-order chi connectivity index (χ0) is 18.0. The minimum atomic E-state index is -0.918. The standard InChI is InChI=1S/C19H13FN2O3/c1-2-25-19(24)17-16(20)15(14-5-3-4-10-22(14)17)18(23)13-8-6-12(11-21)7-9-13/h3-10H,2H2,1H3. The van der Waals surface area contributed by atoms with Crippen LogP contribution in [0.3, 0.4) is 0 Å². The highest BCUT2D eigenvalue weighted by atomic mass is 19.1. The summed E-state index contributed by atoms with van der Waals surface area (Å²) in [6.45, 7) is 1.71. The van der Waals surface area contributed by atoms with Crippen molar-refractivity contribution in [2.24, 2.45) is 0 Å². The molecule has 0 radical (unpaired) electrons. The number of fused-ring (bicyclic) bond motifs is 1. The summed E-state index contributed by atoms with van der Waals surface area (Å²) in [5.41, 5.74) is 0.385. The van der Waals surface area contributed by atoms with Crippen molar-refractivity contribution < 1.29 is 18.7 Å². The van der Waals surface area contributed by atoms with Gasteiger partial charge in [-0.1, -0.05) is 6.07 Å². The smallest absolute Gasteiger partial charge is 0.358 e. The number of hydrogen-bond donors (Lipinski definition) is 0. The van der Waals surface area contributed by atoms with Crippen molar-refractivity contribution in [1.29, 1.82) is 5.26 Å². The minimum absolute atomic E-state index is 0.0945. The number of carbonyl (C=O) groups excluding carboxylic acids is 2. The predicted octanol–water partition coefficient (Wildman–Crippen LogP) is 3.36. The van der Waals surface area contributed by atoms with Crippen LogP contribution in [0.4, 0.5) is 4.39 Å². The Hall–Kier alpha value is -3.46. The highest BCUT2D eigenvalue weighted by Gasteiger charge is 2.28. The lowest BCUT2D eigenvalue weighted by Gasteiger charge is -2.02. The number of ketones is 1. The van der Waals surface area contributed by atoms with E-state index in [9.17, 15) is 14.0 Å². The van der Waals surface area contributed by atoms with E-state index >= 15 is 0 Å². The molecule has 6 heteroatoms. The first-order chi connectivity index (χ1) is 12.1. The molecule has 2 heterocycles. The first kappa shape index (κ1) is 16.4. The van der Waals surface area contributed by atoms with Gasteiger partial charge in [-0.05, 0) is 43.3 Å². The topological polar surface area (TPSA) is 71.6 Å². The maximum absolute atomic E-state index is 14.9. The van der Waals surface area contributed by atoms with Gasteiger partial charge in [0.2, 0.25) is 0 Å². The third-order valence-corrected chi connectivity index (χ3v) is 3.76. The number of aromatic nitrogens is 1. The fourth-order valence-electron chi connectivity index (χ4n) is 2.62. The van der Waals surface area contributed by atoms with Crippen molar-refractivity contribution in [3.05, 3.63) is 76.9 Å². The number of nitriles is 1. The molecule has 0 atom stereocenters. The number of halogens is 1. The Morgan fingerprint density at radius 2 is 1.92 bits per heavy atom. The summed E-state index contributed by atoms with van der Waals surface area (Å²) < 4.78 is 21.2. The molecule has 0 N–H and O–H groups in total. The van der Waals surface area contributed by atoms with Gasteiger partial charge >= 0.3 is 5.97 Å². The Kier molecular flexibility index (Phi) is 4.31. The van der Waals surface area contributed by atoms with Crippen LogP contribution in [0.15, 0.2) is 48.7 Å². The van der Waals surface area contributed by atoms with E-state index in [4.69, 9.17) is 10.00 Å². The summed E-state index contributed by atoms with van der Waals surface area (Å²) in [6.07, 6.45) is 1.50. The fourth-order valence-corrected chi connectivity index (χ4v) is 2.62. The molecule has 2 aromatic heterocycles. The van der Waals surface area contributed by atoms with E-state index in [1.165, 1.54) is 34.9 Å². The molecule has 1 aromatic carbocycles. The number of nitrogens with zero attached hydrogens (tertiary/aromatic N) is 2. The van der Waals surface area contributed by atoms with Crippen molar-refractivity contribution in [2.45, 2.75) is 6.92 Å². The lowest BCUT2D eigenvalue weighted by Crippen LogP contribution is -2.10. The molecule has 5 nitrogen and oxygen atoms in total. The van der Waals surface area contributed by atoms with Crippen LogP contribution in [0.25, 0.3) is 5.52 Å². The number of ether oxygens (including phenoxy) is 1. The van der Waals surface area contributed by atoms with Gasteiger partial charge in [-0.3, -0.25) is 4.79 Å².